The number of aromatic nitrogens is 3. The highest BCUT2D eigenvalue weighted by Gasteiger charge is 2.23. The van der Waals surface area contributed by atoms with Gasteiger partial charge in [0, 0.05) is 13.1 Å². The summed E-state index contributed by atoms with van der Waals surface area (Å²) in [5.41, 5.74) is 4.24. The summed E-state index contributed by atoms with van der Waals surface area (Å²) >= 11 is 0. The highest BCUT2D eigenvalue weighted by atomic mass is 16.5. The van der Waals surface area contributed by atoms with E-state index in [1.165, 1.54) is 0 Å². The Morgan fingerprint density at radius 1 is 1.53 bits per heavy atom. The molecule has 0 spiro atoms. The molecule has 1 fully saturated rings. The van der Waals surface area contributed by atoms with Gasteiger partial charge in [0.1, 0.15) is 0 Å². The Morgan fingerprint density at radius 2 is 2.35 bits per heavy atom. The molecule has 1 aromatic rings. The lowest BCUT2D eigenvalue weighted by atomic mass is 10.3. The van der Waals surface area contributed by atoms with Crippen LogP contribution in [0.25, 0.3) is 0 Å². The number of ether oxygens (including phenoxy) is 1. The van der Waals surface area contributed by atoms with Crippen molar-refractivity contribution in [2.45, 2.75) is 20.4 Å². The summed E-state index contributed by atoms with van der Waals surface area (Å²) in [6.45, 7) is 6.70. The SMILES string of the molecule is CCn1nnc(C)c1C(=O)N1CCOCCN1. The van der Waals surface area contributed by atoms with Crippen LogP contribution in [0, 0.1) is 6.92 Å². The van der Waals surface area contributed by atoms with Crippen LogP contribution in [-0.2, 0) is 11.3 Å². The van der Waals surface area contributed by atoms with Crippen molar-refractivity contribution in [3.05, 3.63) is 11.4 Å². The number of hydrazine groups is 1. The van der Waals surface area contributed by atoms with Crippen LogP contribution in [0.1, 0.15) is 23.1 Å². The fourth-order valence-electron chi connectivity index (χ4n) is 1.78. The van der Waals surface area contributed by atoms with Crippen molar-refractivity contribution in [3.8, 4) is 0 Å². The van der Waals surface area contributed by atoms with Crippen molar-refractivity contribution in [1.29, 1.82) is 0 Å². The van der Waals surface area contributed by atoms with E-state index in [2.05, 4.69) is 15.7 Å². The minimum Gasteiger partial charge on any atom is -0.378 e. The molecular formula is C10H17N5O2. The molecule has 0 aliphatic carbocycles. The van der Waals surface area contributed by atoms with Crippen molar-refractivity contribution in [2.75, 3.05) is 26.3 Å². The normalized spacial score (nSPS) is 16.9. The summed E-state index contributed by atoms with van der Waals surface area (Å²) in [5, 5.41) is 9.44. The van der Waals surface area contributed by atoms with Gasteiger partial charge in [0.2, 0.25) is 0 Å². The summed E-state index contributed by atoms with van der Waals surface area (Å²) in [6, 6.07) is 0. The first-order valence-corrected chi connectivity index (χ1v) is 5.77. The van der Waals surface area contributed by atoms with Gasteiger partial charge in [-0.05, 0) is 13.8 Å². The monoisotopic (exact) mass is 239 g/mol. The molecule has 7 nitrogen and oxygen atoms in total. The molecule has 1 aliphatic rings. The van der Waals surface area contributed by atoms with E-state index in [9.17, 15) is 4.79 Å². The molecular weight excluding hydrogens is 222 g/mol. The first-order chi connectivity index (χ1) is 8.24. The summed E-state index contributed by atoms with van der Waals surface area (Å²) in [6.07, 6.45) is 0. The number of amides is 1. The topological polar surface area (TPSA) is 72.3 Å². The Morgan fingerprint density at radius 3 is 3.12 bits per heavy atom. The Bertz CT molecular complexity index is 395. The van der Waals surface area contributed by atoms with Crippen LogP contribution < -0.4 is 5.43 Å². The van der Waals surface area contributed by atoms with Gasteiger partial charge >= 0.3 is 0 Å². The lowest BCUT2D eigenvalue weighted by molar-refractivity contribution is 0.0647. The Kier molecular flexibility index (Phi) is 3.70. The fourth-order valence-corrected chi connectivity index (χ4v) is 1.78. The maximum atomic E-state index is 12.3. The van der Waals surface area contributed by atoms with Gasteiger partial charge in [-0.25, -0.2) is 10.1 Å². The van der Waals surface area contributed by atoms with E-state index in [0.717, 1.165) is 0 Å². The Labute approximate surface area is 99.7 Å². The minimum absolute atomic E-state index is 0.0974. The molecule has 0 aromatic carbocycles. The number of nitrogens with one attached hydrogen (secondary N) is 1. The van der Waals surface area contributed by atoms with Crippen molar-refractivity contribution in [2.24, 2.45) is 0 Å². The summed E-state index contributed by atoms with van der Waals surface area (Å²) in [5.74, 6) is -0.0974. The number of nitrogens with zero attached hydrogens (tertiary/aromatic N) is 4. The van der Waals surface area contributed by atoms with E-state index < -0.39 is 0 Å². The molecule has 0 atom stereocenters. The van der Waals surface area contributed by atoms with Crippen LogP contribution in [0.3, 0.4) is 0 Å². The Hall–Kier alpha value is -1.47. The number of hydrogen-bond donors (Lipinski definition) is 1. The average molecular weight is 239 g/mol. The molecule has 1 amide bonds. The van der Waals surface area contributed by atoms with Crippen LogP contribution in [0.15, 0.2) is 0 Å². The average Bonchev–Trinajstić information content (AvgIpc) is 2.56. The number of aryl methyl sites for hydroxylation is 2. The van der Waals surface area contributed by atoms with Gasteiger partial charge in [0.25, 0.3) is 5.91 Å². The van der Waals surface area contributed by atoms with Crippen molar-refractivity contribution in [1.82, 2.24) is 25.4 Å². The van der Waals surface area contributed by atoms with E-state index in [-0.39, 0.29) is 5.91 Å². The molecule has 0 radical (unpaired) electrons. The van der Waals surface area contributed by atoms with Gasteiger partial charge in [-0.2, -0.15) is 0 Å². The zero-order chi connectivity index (χ0) is 12.3. The lowest BCUT2D eigenvalue weighted by Crippen LogP contribution is -2.44. The zero-order valence-corrected chi connectivity index (χ0v) is 10.1. The second-order valence-electron chi connectivity index (χ2n) is 3.82. The third-order valence-corrected chi connectivity index (χ3v) is 2.66. The highest BCUT2D eigenvalue weighted by Crippen LogP contribution is 2.08. The van der Waals surface area contributed by atoms with Crippen LogP contribution in [-0.4, -0.2) is 52.2 Å². The molecule has 1 saturated heterocycles. The second-order valence-corrected chi connectivity index (χ2v) is 3.82. The van der Waals surface area contributed by atoms with Crippen molar-refractivity contribution < 1.29 is 9.53 Å². The molecule has 17 heavy (non-hydrogen) atoms. The van der Waals surface area contributed by atoms with E-state index in [1.807, 2.05) is 6.92 Å². The summed E-state index contributed by atoms with van der Waals surface area (Å²) in [4.78, 5) is 12.3. The number of carbonyl (C=O) groups excluding carboxylic acids is 1. The molecule has 0 bridgehead atoms. The first-order valence-electron chi connectivity index (χ1n) is 5.77. The maximum absolute atomic E-state index is 12.3. The van der Waals surface area contributed by atoms with Crippen molar-refractivity contribution in [3.63, 3.8) is 0 Å². The van der Waals surface area contributed by atoms with Gasteiger partial charge in [-0.15, -0.1) is 5.10 Å². The van der Waals surface area contributed by atoms with Crippen LogP contribution in [0.5, 0.6) is 0 Å². The van der Waals surface area contributed by atoms with Crippen LogP contribution in [0.4, 0.5) is 0 Å². The molecule has 1 aliphatic heterocycles. The Balaban J connectivity index is 2.20. The largest absolute Gasteiger partial charge is 0.378 e. The summed E-state index contributed by atoms with van der Waals surface area (Å²) in [7, 11) is 0. The predicted molar refractivity (Wildman–Crippen MR) is 60.3 cm³/mol. The molecule has 2 rings (SSSR count). The van der Waals surface area contributed by atoms with E-state index in [0.29, 0.717) is 44.2 Å². The number of carbonyl (C=O) groups is 1. The van der Waals surface area contributed by atoms with Crippen molar-refractivity contribution >= 4 is 5.91 Å². The van der Waals surface area contributed by atoms with Gasteiger partial charge in [-0.3, -0.25) is 9.80 Å². The second kappa shape index (κ2) is 5.24. The van der Waals surface area contributed by atoms with Gasteiger partial charge in [0.15, 0.2) is 5.69 Å². The third kappa shape index (κ3) is 2.45. The standard InChI is InChI=1S/C10H17N5O2/c1-3-14-9(8(2)12-13-14)10(16)15-5-7-17-6-4-11-15/h11H,3-7H2,1-2H3. The fraction of sp³-hybridized carbons (Fsp3) is 0.700. The molecule has 1 N–H and O–H groups in total. The van der Waals surface area contributed by atoms with E-state index in [1.54, 1.807) is 16.6 Å². The molecule has 94 valence electrons. The quantitative estimate of drug-likeness (QED) is 0.759. The lowest BCUT2D eigenvalue weighted by Gasteiger charge is -2.20. The number of rotatable bonds is 2. The zero-order valence-electron chi connectivity index (χ0n) is 10.1. The van der Waals surface area contributed by atoms with Crippen LogP contribution in [0.2, 0.25) is 0 Å². The molecule has 7 heteroatoms. The van der Waals surface area contributed by atoms with E-state index in [4.69, 9.17) is 4.74 Å². The molecule has 0 saturated carbocycles. The maximum Gasteiger partial charge on any atom is 0.288 e. The minimum atomic E-state index is -0.0974. The first kappa shape index (κ1) is 12.0. The predicted octanol–water partition coefficient (Wildman–Crippen LogP) is -0.417. The smallest absolute Gasteiger partial charge is 0.288 e. The van der Waals surface area contributed by atoms with Gasteiger partial charge in [0.05, 0.1) is 25.5 Å². The molecule has 2 heterocycles. The highest BCUT2D eigenvalue weighted by molar-refractivity contribution is 5.93. The van der Waals surface area contributed by atoms with Gasteiger partial charge in [-0.1, -0.05) is 5.21 Å². The molecule has 0 unspecified atom stereocenters. The number of hydrogen-bond acceptors (Lipinski definition) is 5. The van der Waals surface area contributed by atoms with Gasteiger partial charge < -0.3 is 4.74 Å². The third-order valence-electron chi connectivity index (χ3n) is 2.66. The van der Waals surface area contributed by atoms with E-state index >= 15 is 0 Å². The molecule has 1 aromatic heterocycles. The summed E-state index contributed by atoms with van der Waals surface area (Å²) < 4.78 is 6.90. The van der Waals surface area contributed by atoms with Crippen LogP contribution >= 0.6 is 0 Å².